The molecule has 0 saturated carbocycles. The molecule has 318 valence electrons. The lowest BCUT2D eigenvalue weighted by Gasteiger charge is -2.29. The smallest absolute Gasteiger partial charge is 0.145 e. The average molecular weight is 869 g/mol. The molecule has 0 aliphatic rings. The number of fused-ring (bicyclic) bond motifs is 10. The Labute approximate surface area is 391 Å². The number of anilines is 3. The van der Waals surface area contributed by atoms with Gasteiger partial charge >= 0.3 is 0 Å². The van der Waals surface area contributed by atoms with Gasteiger partial charge in [-0.1, -0.05) is 176 Å². The molecule has 3 aromatic heterocycles. The maximum absolute atomic E-state index is 7.09. The first kappa shape index (κ1) is 38.2. The molecule has 0 atom stereocenters. The highest BCUT2D eigenvalue weighted by Crippen LogP contribution is 2.50. The molecule has 4 nitrogen and oxygen atoms in total. The lowest BCUT2D eigenvalue weighted by Crippen LogP contribution is -2.12. The van der Waals surface area contributed by atoms with Gasteiger partial charge in [0.05, 0.1) is 28.0 Å². The van der Waals surface area contributed by atoms with Crippen molar-refractivity contribution in [2.75, 3.05) is 4.90 Å². The summed E-state index contributed by atoms with van der Waals surface area (Å²) in [7, 11) is 0. The van der Waals surface area contributed by atoms with E-state index in [0.717, 1.165) is 105 Å². The molecule has 14 aromatic rings. The predicted octanol–water partition coefficient (Wildman–Crippen LogP) is 18.2. The van der Waals surface area contributed by atoms with Crippen molar-refractivity contribution in [3.05, 3.63) is 243 Å². The first-order valence-corrected chi connectivity index (χ1v) is 23.2. The summed E-state index contributed by atoms with van der Waals surface area (Å²) in [6.45, 7) is 0. The van der Waals surface area contributed by atoms with E-state index in [1.54, 1.807) is 0 Å². The van der Waals surface area contributed by atoms with Crippen molar-refractivity contribution in [3.8, 4) is 39.1 Å². The third-order valence-corrected chi connectivity index (χ3v) is 13.8. The maximum Gasteiger partial charge on any atom is 0.145 e. The second-order valence-electron chi connectivity index (χ2n) is 17.6. The molecule has 0 bridgehead atoms. The second-order valence-corrected chi connectivity index (χ2v) is 17.6. The van der Waals surface area contributed by atoms with Crippen LogP contribution < -0.4 is 4.90 Å². The predicted molar refractivity (Wildman–Crippen MR) is 284 cm³/mol. The zero-order valence-corrected chi connectivity index (χ0v) is 36.8. The fourth-order valence-electron chi connectivity index (χ4n) is 10.8. The molecule has 0 aliphatic heterocycles. The molecule has 0 radical (unpaired) electrons. The summed E-state index contributed by atoms with van der Waals surface area (Å²) in [5.74, 6) is 0. The van der Waals surface area contributed by atoms with E-state index < -0.39 is 0 Å². The van der Waals surface area contributed by atoms with E-state index in [-0.39, 0.29) is 0 Å². The zero-order chi connectivity index (χ0) is 44.7. The van der Waals surface area contributed by atoms with E-state index in [4.69, 9.17) is 8.83 Å². The van der Waals surface area contributed by atoms with E-state index in [2.05, 4.69) is 240 Å². The highest BCUT2D eigenvalue weighted by molar-refractivity contribution is 6.16. The van der Waals surface area contributed by atoms with Crippen LogP contribution in [0.2, 0.25) is 0 Å². The van der Waals surface area contributed by atoms with Gasteiger partial charge < -0.3 is 18.3 Å². The highest BCUT2D eigenvalue weighted by Gasteiger charge is 2.26. The van der Waals surface area contributed by atoms with Crippen molar-refractivity contribution < 1.29 is 8.83 Å². The van der Waals surface area contributed by atoms with Gasteiger partial charge in [0, 0.05) is 54.8 Å². The molecule has 0 saturated heterocycles. The second kappa shape index (κ2) is 15.2. The monoisotopic (exact) mass is 868 g/mol. The number of para-hydroxylation sites is 6. The van der Waals surface area contributed by atoms with Gasteiger partial charge in [0.15, 0.2) is 0 Å². The molecule has 14 rings (SSSR count). The van der Waals surface area contributed by atoms with Crippen LogP contribution in [0.15, 0.2) is 251 Å². The van der Waals surface area contributed by atoms with Crippen molar-refractivity contribution in [1.82, 2.24) is 4.57 Å². The Balaban J connectivity index is 1.05. The summed E-state index contributed by atoms with van der Waals surface area (Å²) in [5.41, 5.74) is 16.3. The van der Waals surface area contributed by atoms with E-state index in [0.29, 0.717) is 0 Å². The highest BCUT2D eigenvalue weighted by atomic mass is 16.3. The van der Waals surface area contributed by atoms with Gasteiger partial charge in [0.1, 0.15) is 22.3 Å². The van der Waals surface area contributed by atoms with Crippen molar-refractivity contribution in [3.63, 3.8) is 0 Å². The Morgan fingerprint density at radius 1 is 0.324 bits per heavy atom. The molecule has 0 N–H and O–H groups in total. The minimum atomic E-state index is 0.831. The number of nitrogens with zero attached hydrogens (tertiary/aromatic N) is 2. The van der Waals surface area contributed by atoms with Crippen LogP contribution >= 0.6 is 0 Å². The maximum atomic E-state index is 7.09. The topological polar surface area (TPSA) is 34.5 Å². The van der Waals surface area contributed by atoms with Gasteiger partial charge in [-0.2, -0.15) is 0 Å². The summed E-state index contributed by atoms with van der Waals surface area (Å²) in [4.78, 5) is 2.40. The number of hydrogen-bond donors (Lipinski definition) is 0. The Morgan fingerprint density at radius 3 is 1.63 bits per heavy atom. The normalized spacial score (nSPS) is 11.8. The summed E-state index contributed by atoms with van der Waals surface area (Å²) in [6.07, 6.45) is 0. The van der Waals surface area contributed by atoms with Crippen molar-refractivity contribution in [1.29, 1.82) is 0 Å². The molecule has 68 heavy (non-hydrogen) atoms. The standard InChI is InChI=1S/C64H40N2O2/c1-2-20-46-41(16-1)17-14-26-47(46)42-34-36-44(37-35-42)65(45-19-13-18-43(40-45)48-27-15-28-53-51-23-6-11-32-60(51)67-63(48)53)59-39-38-54-52-24-7-12-33-61(52)68-64(54)62(59)55-25-5-10-31-58(55)66-56-29-8-3-21-49(56)50-22-4-9-30-57(50)66/h1-40H. The largest absolute Gasteiger partial charge is 0.455 e. The molecular weight excluding hydrogens is 829 g/mol. The molecular formula is C64H40N2O2. The minimum Gasteiger partial charge on any atom is -0.455 e. The number of benzene rings is 11. The van der Waals surface area contributed by atoms with Crippen LogP contribution in [0.1, 0.15) is 0 Å². The first-order valence-electron chi connectivity index (χ1n) is 23.2. The molecule has 0 aliphatic carbocycles. The molecule has 0 spiro atoms. The Bertz CT molecular complexity index is 4220. The molecule has 0 amide bonds. The first-order chi connectivity index (χ1) is 33.7. The van der Waals surface area contributed by atoms with Crippen molar-refractivity contribution in [2.24, 2.45) is 0 Å². The lowest BCUT2D eigenvalue weighted by atomic mass is 9.95. The van der Waals surface area contributed by atoms with Crippen molar-refractivity contribution in [2.45, 2.75) is 0 Å². The van der Waals surface area contributed by atoms with Crippen LogP contribution in [0.25, 0.3) is 116 Å². The third-order valence-electron chi connectivity index (χ3n) is 13.8. The summed E-state index contributed by atoms with van der Waals surface area (Å²) < 4.78 is 16.1. The molecule has 0 unspecified atom stereocenters. The average Bonchev–Trinajstić information content (AvgIpc) is 4.09. The summed E-state index contributed by atoms with van der Waals surface area (Å²) >= 11 is 0. The molecule has 4 heteroatoms. The Morgan fingerprint density at radius 2 is 0.868 bits per heavy atom. The van der Waals surface area contributed by atoms with E-state index in [9.17, 15) is 0 Å². The molecule has 0 fully saturated rings. The van der Waals surface area contributed by atoms with Gasteiger partial charge in [0.25, 0.3) is 0 Å². The lowest BCUT2D eigenvalue weighted by molar-refractivity contribution is 0.669. The van der Waals surface area contributed by atoms with E-state index >= 15 is 0 Å². The molecule has 11 aromatic carbocycles. The van der Waals surface area contributed by atoms with Crippen LogP contribution in [0.3, 0.4) is 0 Å². The van der Waals surface area contributed by atoms with Crippen molar-refractivity contribution >= 4 is 93.5 Å². The fourth-order valence-corrected chi connectivity index (χ4v) is 10.8. The molecule has 3 heterocycles. The quantitative estimate of drug-likeness (QED) is 0.160. The summed E-state index contributed by atoms with van der Waals surface area (Å²) in [6, 6.07) is 86.9. The van der Waals surface area contributed by atoms with Gasteiger partial charge in [0.2, 0.25) is 0 Å². The number of rotatable bonds is 7. The van der Waals surface area contributed by atoms with Gasteiger partial charge in [-0.05, 0) is 94.2 Å². The van der Waals surface area contributed by atoms with Gasteiger partial charge in [-0.3, -0.25) is 0 Å². The van der Waals surface area contributed by atoms with Gasteiger partial charge in [-0.25, -0.2) is 0 Å². The third kappa shape index (κ3) is 5.87. The number of furan rings is 2. The van der Waals surface area contributed by atoms with E-state index in [1.807, 2.05) is 12.1 Å². The number of aromatic nitrogens is 1. The van der Waals surface area contributed by atoms with Crippen LogP contribution in [-0.2, 0) is 0 Å². The van der Waals surface area contributed by atoms with Crippen LogP contribution in [0.4, 0.5) is 17.1 Å². The van der Waals surface area contributed by atoms with Crippen LogP contribution in [-0.4, -0.2) is 4.57 Å². The minimum absolute atomic E-state index is 0.831. The van der Waals surface area contributed by atoms with Crippen LogP contribution in [0.5, 0.6) is 0 Å². The Kier molecular flexibility index (Phi) is 8.55. The summed E-state index contributed by atoms with van der Waals surface area (Å²) in [5, 5.41) is 9.23. The van der Waals surface area contributed by atoms with Gasteiger partial charge in [-0.15, -0.1) is 0 Å². The zero-order valence-electron chi connectivity index (χ0n) is 36.8. The fraction of sp³-hybridized carbons (Fsp3) is 0. The van der Waals surface area contributed by atoms with E-state index in [1.165, 1.54) is 27.1 Å². The SMILES string of the molecule is c1cc(-c2cccc3c2oc2ccccc23)cc(N(c2ccc(-c3cccc4ccccc34)cc2)c2ccc3c(oc4ccccc43)c2-c2ccccc2-n2c3ccccc3c3ccccc32)c1. The number of hydrogen-bond acceptors (Lipinski definition) is 3. The van der Waals surface area contributed by atoms with Crippen LogP contribution in [0, 0.1) is 0 Å². The Hall–Kier alpha value is -9.12.